The third kappa shape index (κ3) is 1.67. The molecule has 3 aromatic rings. The number of pyridine rings is 1. The van der Waals surface area contributed by atoms with Crippen LogP contribution in [0.1, 0.15) is 18.9 Å². The molecular formula is C15H16N4O. The van der Waals surface area contributed by atoms with Gasteiger partial charge in [0.2, 0.25) is 0 Å². The van der Waals surface area contributed by atoms with Crippen LogP contribution < -0.4 is 11.0 Å². The zero-order chi connectivity index (χ0) is 13.5. The van der Waals surface area contributed by atoms with E-state index in [4.69, 9.17) is 0 Å². The maximum atomic E-state index is 12.3. The minimum Gasteiger partial charge on any atom is -0.317 e. The van der Waals surface area contributed by atoms with E-state index in [1.165, 1.54) is 0 Å². The SMILES string of the molecule is O=c1[nH]c2cnc3ccccc3c2n1C1CCNCC1. The lowest BCUT2D eigenvalue weighted by atomic mass is 10.1. The van der Waals surface area contributed by atoms with E-state index in [-0.39, 0.29) is 11.7 Å². The molecular weight excluding hydrogens is 252 g/mol. The highest BCUT2D eigenvalue weighted by molar-refractivity contribution is 6.01. The van der Waals surface area contributed by atoms with Gasteiger partial charge >= 0.3 is 5.69 Å². The Bertz CT molecular complexity index is 827. The van der Waals surface area contributed by atoms with Gasteiger partial charge in [0.25, 0.3) is 0 Å². The van der Waals surface area contributed by atoms with Gasteiger partial charge in [-0.05, 0) is 32.0 Å². The van der Waals surface area contributed by atoms with Crippen LogP contribution in [0.25, 0.3) is 21.9 Å². The van der Waals surface area contributed by atoms with E-state index in [9.17, 15) is 4.79 Å². The average molecular weight is 268 g/mol. The minimum absolute atomic E-state index is 0.0231. The van der Waals surface area contributed by atoms with Crippen molar-refractivity contribution >= 4 is 21.9 Å². The summed E-state index contributed by atoms with van der Waals surface area (Å²) in [6.07, 6.45) is 3.74. The summed E-state index contributed by atoms with van der Waals surface area (Å²) in [4.78, 5) is 19.7. The van der Waals surface area contributed by atoms with Gasteiger partial charge in [-0.15, -0.1) is 0 Å². The van der Waals surface area contributed by atoms with Crippen molar-refractivity contribution in [3.63, 3.8) is 0 Å². The molecule has 0 aliphatic carbocycles. The number of aromatic nitrogens is 3. The maximum absolute atomic E-state index is 12.3. The van der Waals surface area contributed by atoms with E-state index in [1.807, 2.05) is 28.8 Å². The minimum atomic E-state index is -0.0231. The van der Waals surface area contributed by atoms with Crippen molar-refractivity contribution in [2.24, 2.45) is 0 Å². The smallest absolute Gasteiger partial charge is 0.317 e. The van der Waals surface area contributed by atoms with Crippen molar-refractivity contribution in [1.82, 2.24) is 19.9 Å². The normalized spacial score (nSPS) is 17.0. The topological polar surface area (TPSA) is 62.7 Å². The first-order valence-corrected chi connectivity index (χ1v) is 7.03. The molecule has 0 amide bonds. The van der Waals surface area contributed by atoms with Crippen LogP contribution in [0.5, 0.6) is 0 Å². The van der Waals surface area contributed by atoms with Gasteiger partial charge < -0.3 is 10.3 Å². The molecule has 1 aromatic carbocycles. The molecule has 0 atom stereocenters. The number of piperidine rings is 1. The Morgan fingerprint density at radius 3 is 2.85 bits per heavy atom. The van der Waals surface area contributed by atoms with E-state index in [2.05, 4.69) is 15.3 Å². The lowest BCUT2D eigenvalue weighted by molar-refractivity contribution is 0.369. The Morgan fingerprint density at radius 2 is 2.00 bits per heavy atom. The molecule has 1 aliphatic heterocycles. The summed E-state index contributed by atoms with van der Waals surface area (Å²) in [6.45, 7) is 1.93. The molecule has 0 radical (unpaired) electrons. The first kappa shape index (κ1) is 11.7. The van der Waals surface area contributed by atoms with E-state index >= 15 is 0 Å². The molecule has 0 saturated carbocycles. The number of benzene rings is 1. The van der Waals surface area contributed by atoms with Gasteiger partial charge in [0.05, 0.1) is 22.7 Å². The highest BCUT2D eigenvalue weighted by atomic mass is 16.1. The second-order valence-electron chi connectivity index (χ2n) is 5.32. The molecule has 3 heterocycles. The molecule has 0 unspecified atom stereocenters. The number of fused-ring (bicyclic) bond motifs is 3. The Hall–Kier alpha value is -2.14. The van der Waals surface area contributed by atoms with E-state index in [1.54, 1.807) is 6.20 Å². The molecule has 0 bridgehead atoms. The molecule has 1 saturated heterocycles. The van der Waals surface area contributed by atoms with Crippen LogP contribution in [0.3, 0.4) is 0 Å². The number of hydrogen-bond acceptors (Lipinski definition) is 3. The Balaban J connectivity index is 2.05. The highest BCUT2D eigenvalue weighted by Crippen LogP contribution is 2.26. The molecule has 102 valence electrons. The lowest BCUT2D eigenvalue weighted by Crippen LogP contribution is -2.33. The molecule has 2 N–H and O–H groups in total. The van der Waals surface area contributed by atoms with Gasteiger partial charge in [0.15, 0.2) is 0 Å². The average Bonchev–Trinajstić information content (AvgIpc) is 2.84. The standard InChI is InChI=1S/C15H16N4O/c20-15-18-13-9-17-12-4-2-1-3-11(12)14(13)19(15)10-5-7-16-8-6-10/h1-4,9-10,16H,5-8H2,(H,18,20). The van der Waals surface area contributed by atoms with Crippen LogP contribution >= 0.6 is 0 Å². The number of hydrogen-bond donors (Lipinski definition) is 2. The number of para-hydroxylation sites is 1. The molecule has 0 spiro atoms. The summed E-state index contributed by atoms with van der Waals surface area (Å²) in [6, 6.07) is 8.26. The number of aromatic amines is 1. The van der Waals surface area contributed by atoms with Gasteiger partial charge in [-0.2, -0.15) is 0 Å². The molecule has 20 heavy (non-hydrogen) atoms. The van der Waals surface area contributed by atoms with Crippen molar-refractivity contribution in [2.75, 3.05) is 13.1 Å². The van der Waals surface area contributed by atoms with Gasteiger partial charge in [-0.3, -0.25) is 9.55 Å². The first-order valence-electron chi connectivity index (χ1n) is 7.03. The van der Waals surface area contributed by atoms with Crippen LogP contribution in [0, 0.1) is 0 Å². The number of rotatable bonds is 1. The summed E-state index contributed by atoms with van der Waals surface area (Å²) in [5, 5.41) is 4.39. The van der Waals surface area contributed by atoms with Crippen molar-refractivity contribution < 1.29 is 0 Å². The van der Waals surface area contributed by atoms with Gasteiger partial charge in [0, 0.05) is 11.4 Å². The molecule has 5 heteroatoms. The molecule has 1 aliphatic rings. The number of H-pyrrole nitrogens is 1. The highest BCUT2D eigenvalue weighted by Gasteiger charge is 2.20. The number of imidazole rings is 1. The Morgan fingerprint density at radius 1 is 1.20 bits per heavy atom. The second-order valence-corrected chi connectivity index (χ2v) is 5.32. The van der Waals surface area contributed by atoms with Crippen LogP contribution in [-0.4, -0.2) is 27.6 Å². The second kappa shape index (κ2) is 4.45. The maximum Gasteiger partial charge on any atom is 0.326 e. The number of nitrogens with zero attached hydrogens (tertiary/aromatic N) is 2. The largest absolute Gasteiger partial charge is 0.326 e. The third-order valence-corrected chi connectivity index (χ3v) is 4.12. The molecule has 2 aromatic heterocycles. The first-order chi connectivity index (χ1) is 9.84. The Kier molecular flexibility index (Phi) is 2.60. The summed E-state index contributed by atoms with van der Waals surface area (Å²) in [5.74, 6) is 0. The fourth-order valence-corrected chi connectivity index (χ4v) is 3.17. The van der Waals surface area contributed by atoms with Gasteiger partial charge in [-0.25, -0.2) is 4.79 Å². The van der Waals surface area contributed by atoms with Crippen molar-refractivity contribution in [3.05, 3.63) is 40.9 Å². The predicted octanol–water partition coefficient (Wildman–Crippen LogP) is 1.80. The third-order valence-electron chi connectivity index (χ3n) is 4.12. The van der Waals surface area contributed by atoms with E-state index in [0.717, 1.165) is 47.9 Å². The van der Waals surface area contributed by atoms with E-state index < -0.39 is 0 Å². The number of nitrogens with one attached hydrogen (secondary N) is 2. The summed E-state index contributed by atoms with van der Waals surface area (Å²) in [5.41, 5.74) is 2.73. The summed E-state index contributed by atoms with van der Waals surface area (Å²) < 4.78 is 1.93. The van der Waals surface area contributed by atoms with Crippen LogP contribution in [0.4, 0.5) is 0 Å². The van der Waals surface area contributed by atoms with Crippen LogP contribution in [0.15, 0.2) is 35.3 Å². The zero-order valence-electron chi connectivity index (χ0n) is 11.1. The molecule has 1 fully saturated rings. The van der Waals surface area contributed by atoms with E-state index in [0.29, 0.717) is 0 Å². The Labute approximate surface area is 115 Å². The van der Waals surface area contributed by atoms with Crippen molar-refractivity contribution in [3.8, 4) is 0 Å². The zero-order valence-corrected chi connectivity index (χ0v) is 11.1. The lowest BCUT2D eigenvalue weighted by Gasteiger charge is -2.24. The van der Waals surface area contributed by atoms with Crippen LogP contribution in [-0.2, 0) is 0 Å². The van der Waals surface area contributed by atoms with Crippen molar-refractivity contribution in [2.45, 2.75) is 18.9 Å². The molecule has 4 rings (SSSR count). The quantitative estimate of drug-likeness (QED) is 0.707. The van der Waals surface area contributed by atoms with Gasteiger partial charge in [0.1, 0.15) is 0 Å². The summed E-state index contributed by atoms with van der Waals surface area (Å²) >= 11 is 0. The van der Waals surface area contributed by atoms with Crippen LogP contribution in [0.2, 0.25) is 0 Å². The molecule has 5 nitrogen and oxygen atoms in total. The van der Waals surface area contributed by atoms with Gasteiger partial charge in [-0.1, -0.05) is 18.2 Å². The summed E-state index contributed by atoms with van der Waals surface area (Å²) in [7, 11) is 0. The fraction of sp³-hybridized carbons (Fsp3) is 0.333. The van der Waals surface area contributed by atoms with Crippen molar-refractivity contribution in [1.29, 1.82) is 0 Å². The monoisotopic (exact) mass is 268 g/mol. The fourth-order valence-electron chi connectivity index (χ4n) is 3.17. The predicted molar refractivity (Wildman–Crippen MR) is 79.0 cm³/mol.